The minimum atomic E-state index is -0.435. The van der Waals surface area contributed by atoms with E-state index in [0.717, 1.165) is 0 Å². The number of hydrogen-bond donors (Lipinski definition) is 1. The van der Waals surface area contributed by atoms with Crippen molar-refractivity contribution in [2.24, 2.45) is 0 Å². The molecule has 8 heteroatoms. The number of pyridine rings is 1. The van der Waals surface area contributed by atoms with E-state index in [2.05, 4.69) is 10.3 Å². The number of carbonyl (C=O) groups excluding carboxylic acids is 2. The van der Waals surface area contributed by atoms with Gasteiger partial charge in [-0.15, -0.1) is 0 Å². The molecule has 1 saturated heterocycles. The molecule has 1 N–H and O–H groups in total. The smallest absolute Gasteiger partial charge is 0.274 e. The Morgan fingerprint density at radius 3 is 2.48 bits per heavy atom. The van der Waals surface area contributed by atoms with Crippen LogP contribution < -0.4 is 5.32 Å². The highest BCUT2D eigenvalue weighted by molar-refractivity contribution is 6.42. The Balaban J connectivity index is 1.74. The van der Waals surface area contributed by atoms with Gasteiger partial charge in [-0.25, -0.2) is 4.98 Å². The second kappa shape index (κ2) is 7.82. The van der Waals surface area contributed by atoms with Crippen molar-refractivity contribution in [1.29, 1.82) is 0 Å². The van der Waals surface area contributed by atoms with Gasteiger partial charge in [-0.3, -0.25) is 9.59 Å². The van der Waals surface area contributed by atoms with Crippen molar-refractivity contribution in [2.45, 2.75) is 0 Å². The molecule has 1 fully saturated rings. The Hall–Kier alpha value is -2.15. The molecule has 0 unspecified atom stereocenters. The highest BCUT2D eigenvalue weighted by Gasteiger charge is 2.20. The van der Waals surface area contributed by atoms with Crippen LogP contribution in [-0.4, -0.2) is 48.0 Å². The summed E-state index contributed by atoms with van der Waals surface area (Å²) in [6.45, 7) is 2.03. The maximum Gasteiger partial charge on any atom is 0.274 e. The van der Waals surface area contributed by atoms with Crippen molar-refractivity contribution in [2.75, 3.05) is 31.6 Å². The first kappa shape index (κ1) is 17.7. The Morgan fingerprint density at radius 2 is 1.76 bits per heavy atom. The summed E-state index contributed by atoms with van der Waals surface area (Å²) in [4.78, 5) is 30.7. The number of anilines is 1. The lowest BCUT2D eigenvalue weighted by Crippen LogP contribution is -2.41. The molecule has 2 heterocycles. The van der Waals surface area contributed by atoms with E-state index in [9.17, 15) is 9.59 Å². The molecular formula is C17H15Cl2N3O3. The van der Waals surface area contributed by atoms with Gasteiger partial charge in [0.15, 0.2) is 0 Å². The van der Waals surface area contributed by atoms with Gasteiger partial charge in [0.25, 0.3) is 11.8 Å². The van der Waals surface area contributed by atoms with Crippen LogP contribution in [0.1, 0.15) is 21.0 Å². The quantitative estimate of drug-likeness (QED) is 0.888. The zero-order chi connectivity index (χ0) is 17.8. The molecule has 25 heavy (non-hydrogen) atoms. The largest absolute Gasteiger partial charge is 0.378 e. The molecule has 130 valence electrons. The number of nitrogens with one attached hydrogen (secondary N) is 1. The molecule has 0 radical (unpaired) electrons. The van der Waals surface area contributed by atoms with Gasteiger partial charge in [0.2, 0.25) is 0 Å². The number of rotatable bonds is 3. The summed E-state index contributed by atoms with van der Waals surface area (Å²) in [7, 11) is 0. The number of nitrogens with zero attached hydrogens (tertiary/aromatic N) is 2. The molecule has 0 bridgehead atoms. The van der Waals surface area contributed by atoms with E-state index < -0.39 is 5.91 Å². The summed E-state index contributed by atoms with van der Waals surface area (Å²) < 4.78 is 5.23. The van der Waals surface area contributed by atoms with Crippen molar-refractivity contribution in [1.82, 2.24) is 9.88 Å². The van der Waals surface area contributed by atoms with Crippen molar-refractivity contribution in [3.05, 3.63) is 57.8 Å². The molecule has 0 atom stereocenters. The second-order valence-electron chi connectivity index (χ2n) is 5.40. The van der Waals surface area contributed by atoms with Crippen LogP contribution in [0.2, 0.25) is 10.0 Å². The minimum Gasteiger partial charge on any atom is -0.378 e. The van der Waals surface area contributed by atoms with Crippen LogP contribution in [-0.2, 0) is 4.74 Å². The predicted octanol–water partition coefficient (Wildman–Crippen LogP) is 3.11. The topological polar surface area (TPSA) is 71.5 Å². The summed E-state index contributed by atoms with van der Waals surface area (Å²) in [5.41, 5.74) is 0.861. The molecule has 1 aromatic heterocycles. The summed E-state index contributed by atoms with van der Waals surface area (Å²) in [5, 5.41) is 3.42. The van der Waals surface area contributed by atoms with Crippen LogP contribution in [0.5, 0.6) is 0 Å². The number of aromatic nitrogens is 1. The molecular weight excluding hydrogens is 365 g/mol. The third-order valence-corrected chi connectivity index (χ3v) is 4.42. The van der Waals surface area contributed by atoms with Gasteiger partial charge in [-0.1, -0.05) is 29.3 Å². The maximum atomic E-state index is 12.5. The van der Waals surface area contributed by atoms with Gasteiger partial charge in [-0.05, 0) is 30.3 Å². The lowest BCUT2D eigenvalue weighted by Gasteiger charge is -2.26. The fourth-order valence-electron chi connectivity index (χ4n) is 2.38. The van der Waals surface area contributed by atoms with Gasteiger partial charge < -0.3 is 15.0 Å². The number of amides is 2. The monoisotopic (exact) mass is 379 g/mol. The zero-order valence-electron chi connectivity index (χ0n) is 13.2. The van der Waals surface area contributed by atoms with Gasteiger partial charge in [0.05, 0.1) is 23.3 Å². The molecule has 0 spiro atoms. The molecule has 1 aliphatic rings. The van der Waals surface area contributed by atoms with Gasteiger partial charge in [0, 0.05) is 18.8 Å². The summed E-state index contributed by atoms with van der Waals surface area (Å²) >= 11 is 11.8. The van der Waals surface area contributed by atoms with Crippen molar-refractivity contribution < 1.29 is 14.3 Å². The molecule has 2 amide bonds. The van der Waals surface area contributed by atoms with Gasteiger partial charge in [-0.2, -0.15) is 0 Å². The normalized spacial score (nSPS) is 14.2. The minimum absolute atomic E-state index is 0.144. The molecule has 1 aliphatic heterocycles. The van der Waals surface area contributed by atoms with Crippen LogP contribution in [0.3, 0.4) is 0 Å². The van der Waals surface area contributed by atoms with Crippen LogP contribution in [0, 0.1) is 0 Å². The Morgan fingerprint density at radius 1 is 1.04 bits per heavy atom. The average Bonchev–Trinajstić information content (AvgIpc) is 2.65. The molecule has 0 aliphatic carbocycles. The first-order chi connectivity index (χ1) is 12.0. The van der Waals surface area contributed by atoms with Crippen LogP contribution in [0.4, 0.5) is 5.69 Å². The van der Waals surface area contributed by atoms with E-state index in [1.807, 2.05) is 0 Å². The second-order valence-corrected chi connectivity index (χ2v) is 6.21. The molecule has 3 rings (SSSR count). The van der Waals surface area contributed by atoms with Crippen molar-refractivity contribution in [3.63, 3.8) is 0 Å². The summed E-state index contributed by atoms with van der Waals surface area (Å²) in [5.74, 6) is -0.650. The molecule has 6 nitrogen and oxygen atoms in total. The summed E-state index contributed by atoms with van der Waals surface area (Å²) in [6, 6.07) is 9.53. The molecule has 1 aromatic carbocycles. The molecule has 2 aromatic rings. The number of benzene rings is 1. The van der Waals surface area contributed by atoms with Gasteiger partial charge >= 0.3 is 0 Å². The fraction of sp³-hybridized carbons (Fsp3) is 0.235. The number of halogens is 2. The third-order valence-electron chi connectivity index (χ3n) is 3.68. The van der Waals surface area contributed by atoms with E-state index in [-0.39, 0.29) is 17.3 Å². The summed E-state index contributed by atoms with van der Waals surface area (Å²) in [6.07, 6.45) is 0. The first-order valence-electron chi connectivity index (χ1n) is 7.65. The number of hydrogen-bond acceptors (Lipinski definition) is 4. The number of morpholine rings is 1. The number of carbonyl (C=O) groups is 2. The lowest BCUT2D eigenvalue weighted by molar-refractivity contribution is 0.0299. The Kier molecular flexibility index (Phi) is 5.53. The predicted molar refractivity (Wildman–Crippen MR) is 95.4 cm³/mol. The Labute approximate surface area is 154 Å². The van der Waals surface area contributed by atoms with Crippen LogP contribution in [0.15, 0.2) is 36.4 Å². The van der Waals surface area contributed by atoms with Crippen LogP contribution >= 0.6 is 23.2 Å². The molecule has 0 saturated carbocycles. The van der Waals surface area contributed by atoms with E-state index in [4.69, 9.17) is 27.9 Å². The highest BCUT2D eigenvalue weighted by Crippen LogP contribution is 2.25. The Bertz CT molecular complexity index is 807. The highest BCUT2D eigenvalue weighted by atomic mass is 35.5. The SMILES string of the molecule is O=C(Nc1ccc(Cl)c(Cl)c1)c1cccc(C(=O)N2CCOCC2)n1. The van der Waals surface area contributed by atoms with E-state index in [1.165, 1.54) is 0 Å². The maximum absolute atomic E-state index is 12.5. The lowest BCUT2D eigenvalue weighted by atomic mass is 10.2. The standard InChI is InChI=1S/C17H15Cl2N3O3/c18-12-5-4-11(10-13(12)19)20-16(23)14-2-1-3-15(21-14)17(24)22-6-8-25-9-7-22/h1-5,10H,6-9H2,(H,20,23). The first-order valence-corrected chi connectivity index (χ1v) is 8.40. The van der Waals surface area contributed by atoms with Crippen molar-refractivity contribution in [3.8, 4) is 0 Å². The number of ether oxygens (including phenoxy) is 1. The van der Waals surface area contributed by atoms with E-state index in [0.29, 0.717) is 42.0 Å². The average molecular weight is 380 g/mol. The van der Waals surface area contributed by atoms with Gasteiger partial charge in [0.1, 0.15) is 11.4 Å². The van der Waals surface area contributed by atoms with E-state index >= 15 is 0 Å². The van der Waals surface area contributed by atoms with Crippen molar-refractivity contribution >= 4 is 40.7 Å². The third kappa shape index (κ3) is 4.28. The zero-order valence-corrected chi connectivity index (χ0v) is 14.7. The fourth-order valence-corrected chi connectivity index (χ4v) is 2.68. The van der Waals surface area contributed by atoms with Crippen LogP contribution in [0.25, 0.3) is 0 Å². The van der Waals surface area contributed by atoms with E-state index in [1.54, 1.807) is 41.3 Å².